The SMILES string of the molecule is COC1CN(S(=O)(=O)c2ccc(N)cc2C)CC1OC. The molecule has 1 aromatic carbocycles. The van der Waals surface area contributed by atoms with Crippen molar-refractivity contribution >= 4 is 15.7 Å². The molecule has 0 bridgehead atoms. The van der Waals surface area contributed by atoms with Crippen LogP contribution in [0.15, 0.2) is 23.1 Å². The number of nitrogens with two attached hydrogens (primary N) is 1. The van der Waals surface area contributed by atoms with Crippen LogP contribution in [0.25, 0.3) is 0 Å². The summed E-state index contributed by atoms with van der Waals surface area (Å²) in [5.74, 6) is 0. The van der Waals surface area contributed by atoms with Crippen molar-refractivity contribution in [2.75, 3.05) is 33.0 Å². The van der Waals surface area contributed by atoms with Gasteiger partial charge in [-0.05, 0) is 30.7 Å². The Morgan fingerprint density at radius 3 is 2.20 bits per heavy atom. The maximum absolute atomic E-state index is 12.7. The lowest BCUT2D eigenvalue weighted by Gasteiger charge is -2.17. The standard InChI is InChI=1S/C13H20N2O4S/c1-9-6-10(14)4-5-13(9)20(16,17)15-7-11(18-2)12(8-15)19-3/h4-6,11-12H,7-8,14H2,1-3H3. The Balaban J connectivity index is 2.32. The Morgan fingerprint density at radius 1 is 1.20 bits per heavy atom. The van der Waals surface area contributed by atoms with E-state index in [1.807, 2.05) is 0 Å². The summed E-state index contributed by atoms with van der Waals surface area (Å²) >= 11 is 0. The first-order valence-corrected chi connectivity index (χ1v) is 7.76. The Morgan fingerprint density at radius 2 is 1.75 bits per heavy atom. The Hall–Kier alpha value is -1.15. The first-order chi connectivity index (χ1) is 9.40. The normalized spacial score (nSPS) is 24.1. The lowest BCUT2D eigenvalue weighted by molar-refractivity contribution is -0.00461. The zero-order valence-corrected chi connectivity index (χ0v) is 12.7. The van der Waals surface area contributed by atoms with Gasteiger partial charge >= 0.3 is 0 Å². The molecular weight excluding hydrogens is 280 g/mol. The van der Waals surface area contributed by atoms with Gasteiger partial charge in [0.1, 0.15) is 0 Å². The van der Waals surface area contributed by atoms with Crippen LogP contribution in [0.3, 0.4) is 0 Å². The first kappa shape index (κ1) is 15.2. The average Bonchev–Trinajstić information content (AvgIpc) is 2.82. The van der Waals surface area contributed by atoms with E-state index in [2.05, 4.69) is 0 Å². The number of nitrogen functional groups attached to an aromatic ring is 1. The third kappa shape index (κ3) is 2.67. The summed E-state index contributed by atoms with van der Waals surface area (Å²) in [6.07, 6.45) is -0.493. The molecule has 0 spiro atoms. The first-order valence-electron chi connectivity index (χ1n) is 6.32. The van der Waals surface area contributed by atoms with Crippen LogP contribution in [-0.2, 0) is 19.5 Å². The molecule has 1 aromatic rings. The van der Waals surface area contributed by atoms with E-state index in [4.69, 9.17) is 15.2 Å². The van der Waals surface area contributed by atoms with Crippen LogP contribution in [0.5, 0.6) is 0 Å². The highest BCUT2D eigenvalue weighted by molar-refractivity contribution is 7.89. The third-order valence-electron chi connectivity index (χ3n) is 3.60. The fourth-order valence-corrected chi connectivity index (χ4v) is 4.13. The van der Waals surface area contributed by atoms with Gasteiger partial charge in [-0.25, -0.2) is 8.42 Å². The minimum Gasteiger partial charge on any atom is -0.399 e. The summed E-state index contributed by atoms with van der Waals surface area (Å²) in [6.45, 7) is 2.32. The zero-order chi connectivity index (χ0) is 14.9. The number of nitrogens with zero attached hydrogens (tertiary/aromatic N) is 1. The van der Waals surface area contributed by atoms with Gasteiger partial charge in [0, 0.05) is 33.0 Å². The van der Waals surface area contributed by atoms with E-state index in [0.29, 0.717) is 24.3 Å². The van der Waals surface area contributed by atoms with Crippen molar-refractivity contribution < 1.29 is 17.9 Å². The molecule has 7 heteroatoms. The second kappa shape index (κ2) is 5.69. The number of anilines is 1. The molecule has 20 heavy (non-hydrogen) atoms. The lowest BCUT2D eigenvalue weighted by Crippen LogP contribution is -2.30. The van der Waals surface area contributed by atoms with Crippen LogP contribution in [0.1, 0.15) is 5.56 Å². The average molecular weight is 300 g/mol. The summed E-state index contributed by atoms with van der Waals surface area (Å²) in [7, 11) is -0.441. The smallest absolute Gasteiger partial charge is 0.243 e. The molecular formula is C13H20N2O4S. The van der Waals surface area contributed by atoms with Gasteiger partial charge in [-0.2, -0.15) is 4.31 Å². The number of hydrogen-bond acceptors (Lipinski definition) is 5. The maximum Gasteiger partial charge on any atom is 0.243 e. The summed E-state index contributed by atoms with van der Waals surface area (Å²) in [5.41, 5.74) is 6.85. The highest BCUT2D eigenvalue weighted by atomic mass is 32.2. The molecule has 112 valence electrons. The van der Waals surface area contributed by atoms with Crippen LogP contribution in [0.2, 0.25) is 0 Å². The van der Waals surface area contributed by atoms with E-state index >= 15 is 0 Å². The van der Waals surface area contributed by atoms with Crippen molar-refractivity contribution in [2.45, 2.75) is 24.0 Å². The Kier molecular flexibility index (Phi) is 4.33. The highest BCUT2D eigenvalue weighted by Crippen LogP contribution is 2.26. The number of hydrogen-bond donors (Lipinski definition) is 1. The van der Waals surface area contributed by atoms with Crippen LogP contribution < -0.4 is 5.73 Å². The van der Waals surface area contributed by atoms with Crippen molar-refractivity contribution in [2.24, 2.45) is 0 Å². The van der Waals surface area contributed by atoms with Gasteiger partial charge in [-0.3, -0.25) is 0 Å². The van der Waals surface area contributed by atoms with E-state index in [0.717, 1.165) is 0 Å². The molecule has 1 aliphatic heterocycles. The predicted molar refractivity (Wildman–Crippen MR) is 75.9 cm³/mol. The van der Waals surface area contributed by atoms with Gasteiger partial charge in [-0.15, -0.1) is 0 Å². The van der Waals surface area contributed by atoms with Crippen molar-refractivity contribution in [1.29, 1.82) is 0 Å². The Labute approximate surface area is 119 Å². The van der Waals surface area contributed by atoms with Crippen molar-refractivity contribution in [3.8, 4) is 0 Å². The van der Waals surface area contributed by atoms with Crippen molar-refractivity contribution in [3.05, 3.63) is 23.8 Å². The molecule has 2 atom stereocenters. The predicted octanol–water partition coefficient (Wildman–Crippen LogP) is 0.612. The molecule has 2 N–H and O–H groups in total. The van der Waals surface area contributed by atoms with Gasteiger partial charge in [0.05, 0.1) is 17.1 Å². The van der Waals surface area contributed by atoms with Gasteiger partial charge in [0.15, 0.2) is 0 Å². The Bertz CT molecular complexity index is 576. The molecule has 2 rings (SSSR count). The lowest BCUT2D eigenvalue weighted by atomic mass is 10.2. The largest absolute Gasteiger partial charge is 0.399 e. The quantitative estimate of drug-likeness (QED) is 0.824. The molecule has 0 aliphatic carbocycles. The number of benzene rings is 1. The number of sulfonamides is 1. The van der Waals surface area contributed by atoms with Crippen LogP contribution in [0, 0.1) is 6.92 Å². The highest BCUT2D eigenvalue weighted by Gasteiger charge is 2.40. The minimum atomic E-state index is -3.55. The molecule has 6 nitrogen and oxygen atoms in total. The van der Waals surface area contributed by atoms with E-state index in [-0.39, 0.29) is 17.1 Å². The summed E-state index contributed by atoms with van der Waals surface area (Å²) in [5, 5.41) is 0. The second-order valence-electron chi connectivity index (χ2n) is 4.90. The number of methoxy groups -OCH3 is 2. The molecule has 1 fully saturated rings. The fourth-order valence-electron chi connectivity index (χ4n) is 2.46. The molecule has 1 saturated heterocycles. The maximum atomic E-state index is 12.7. The van der Waals surface area contributed by atoms with E-state index < -0.39 is 10.0 Å². The van der Waals surface area contributed by atoms with Gasteiger partial charge in [-0.1, -0.05) is 0 Å². The van der Waals surface area contributed by atoms with E-state index in [1.54, 1.807) is 39.3 Å². The van der Waals surface area contributed by atoms with E-state index in [1.165, 1.54) is 4.31 Å². The summed E-state index contributed by atoms with van der Waals surface area (Å²) in [6, 6.07) is 4.80. The molecule has 0 amide bonds. The van der Waals surface area contributed by atoms with Crippen molar-refractivity contribution in [3.63, 3.8) is 0 Å². The molecule has 1 aliphatic rings. The second-order valence-corrected chi connectivity index (χ2v) is 6.80. The summed E-state index contributed by atoms with van der Waals surface area (Å²) < 4.78 is 37.3. The van der Waals surface area contributed by atoms with Crippen molar-refractivity contribution in [1.82, 2.24) is 4.31 Å². The number of aryl methyl sites for hydroxylation is 1. The van der Waals surface area contributed by atoms with Gasteiger partial charge < -0.3 is 15.2 Å². The van der Waals surface area contributed by atoms with Gasteiger partial charge in [0.25, 0.3) is 0 Å². The molecule has 0 radical (unpaired) electrons. The van der Waals surface area contributed by atoms with Crippen LogP contribution in [0.4, 0.5) is 5.69 Å². The fraction of sp³-hybridized carbons (Fsp3) is 0.538. The molecule has 2 unspecified atom stereocenters. The zero-order valence-electron chi connectivity index (χ0n) is 11.9. The third-order valence-corrected chi connectivity index (χ3v) is 5.60. The topological polar surface area (TPSA) is 81.9 Å². The monoisotopic (exact) mass is 300 g/mol. The van der Waals surface area contributed by atoms with Gasteiger partial charge in [0.2, 0.25) is 10.0 Å². The minimum absolute atomic E-state index is 0.246. The van der Waals surface area contributed by atoms with Crippen LogP contribution >= 0.6 is 0 Å². The van der Waals surface area contributed by atoms with Crippen LogP contribution in [-0.4, -0.2) is 52.2 Å². The number of ether oxygens (including phenoxy) is 2. The molecule has 0 saturated carbocycles. The molecule has 0 aromatic heterocycles. The van der Waals surface area contributed by atoms with E-state index in [9.17, 15) is 8.42 Å². The number of rotatable bonds is 4. The summed E-state index contributed by atoms with van der Waals surface area (Å²) in [4.78, 5) is 0.276. The molecule has 1 heterocycles.